The molecule has 0 N–H and O–H groups in total. The largest absolute Gasteiger partial charge is 0.496 e. The molecule has 1 aliphatic heterocycles. The molecule has 1 fully saturated rings. The first-order chi connectivity index (χ1) is 13.4. The average molecular weight is 399 g/mol. The topological polar surface area (TPSA) is 72.9 Å². The Bertz CT molecular complexity index is 966. The minimum Gasteiger partial charge on any atom is -0.496 e. The summed E-state index contributed by atoms with van der Waals surface area (Å²) in [7, 11) is 1.60. The fourth-order valence-corrected chi connectivity index (χ4v) is 3.64. The van der Waals surface area contributed by atoms with Crippen LogP contribution < -0.4 is 4.74 Å². The number of hydrogen-bond donors (Lipinski definition) is 0. The normalized spacial score (nSPS) is 15.7. The zero-order valence-corrected chi connectivity index (χ0v) is 16.7. The van der Waals surface area contributed by atoms with Crippen molar-refractivity contribution in [2.24, 2.45) is 5.92 Å². The number of amides is 2. The number of rotatable bonds is 6. The lowest BCUT2D eigenvalue weighted by Gasteiger charge is -2.12. The van der Waals surface area contributed by atoms with Gasteiger partial charge in [0.1, 0.15) is 12.3 Å². The number of hydrogen-bond acceptors (Lipinski definition) is 6. The summed E-state index contributed by atoms with van der Waals surface area (Å²) in [4.78, 5) is 37.9. The minimum absolute atomic E-state index is 0.183. The predicted molar refractivity (Wildman–Crippen MR) is 109 cm³/mol. The third kappa shape index (κ3) is 4.20. The predicted octanol–water partition coefficient (Wildman–Crippen LogP) is 4.08. The number of fused-ring (bicyclic) bond motifs is 1. The standard InChI is InChI=1S/C21H21NO5S/c1-13(2)12-27-19(23)11-22-20(24)18(28-21(22)25)10-14-8-9-17(26-3)16-7-5-4-6-15(14)16/h4-10,13H,11-12H2,1-3H3/b18-10-. The maximum Gasteiger partial charge on any atom is 0.326 e. The highest BCUT2D eigenvalue weighted by atomic mass is 32.2. The molecule has 28 heavy (non-hydrogen) atoms. The lowest BCUT2D eigenvalue weighted by molar-refractivity contribution is -0.147. The molecule has 0 unspecified atom stereocenters. The third-order valence-electron chi connectivity index (χ3n) is 4.16. The second-order valence-corrected chi connectivity index (χ2v) is 7.74. The Morgan fingerprint density at radius 2 is 1.86 bits per heavy atom. The summed E-state index contributed by atoms with van der Waals surface area (Å²) in [5, 5.41) is 1.34. The minimum atomic E-state index is -0.591. The molecule has 0 saturated carbocycles. The highest BCUT2D eigenvalue weighted by molar-refractivity contribution is 8.18. The zero-order valence-electron chi connectivity index (χ0n) is 15.9. The van der Waals surface area contributed by atoms with E-state index in [0.29, 0.717) is 0 Å². The van der Waals surface area contributed by atoms with E-state index in [4.69, 9.17) is 9.47 Å². The van der Waals surface area contributed by atoms with Crippen molar-refractivity contribution >= 4 is 45.7 Å². The fraction of sp³-hybridized carbons (Fsp3) is 0.286. The van der Waals surface area contributed by atoms with Crippen molar-refractivity contribution < 1.29 is 23.9 Å². The Kier molecular flexibility index (Phi) is 6.04. The summed E-state index contributed by atoms with van der Waals surface area (Å²) in [5.74, 6) is -0.167. The summed E-state index contributed by atoms with van der Waals surface area (Å²) in [6.07, 6.45) is 1.67. The molecule has 3 rings (SSSR count). The molecular weight excluding hydrogens is 378 g/mol. The van der Waals surface area contributed by atoms with E-state index in [-0.39, 0.29) is 24.0 Å². The molecule has 0 bridgehead atoms. The van der Waals surface area contributed by atoms with E-state index in [1.165, 1.54) is 0 Å². The number of benzene rings is 2. The number of carbonyl (C=O) groups is 3. The van der Waals surface area contributed by atoms with Crippen LogP contribution in [-0.2, 0) is 14.3 Å². The molecule has 2 aromatic carbocycles. The van der Waals surface area contributed by atoms with E-state index in [1.807, 2.05) is 50.2 Å². The van der Waals surface area contributed by atoms with Gasteiger partial charge >= 0.3 is 5.97 Å². The van der Waals surface area contributed by atoms with Gasteiger partial charge in [-0.05, 0) is 40.8 Å². The first kappa shape index (κ1) is 19.9. The summed E-state index contributed by atoms with van der Waals surface area (Å²) < 4.78 is 10.5. The van der Waals surface area contributed by atoms with Crippen LogP contribution in [0.2, 0.25) is 0 Å². The van der Waals surface area contributed by atoms with Crippen molar-refractivity contribution in [1.82, 2.24) is 4.90 Å². The van der Waals surface area contributed by atoms with Crippen LogP contribution in [0.25, 0.3) is 16.8 Å². The highest BCUT2D eigenvalue weighted by Gasteiger charge is 2.36. The van der Waals surface area contributed by atoms with Gasteiger partial charge in [-0.1, -0.05) is 44.2 Å². The van der Waals surface area contributed by atoms with Crippen LogP contribution in [0.4, 0.5) is 4.79 Å². The van der Waals surface area contributed by atoms with Crippen molar-refractivity contribution in [2.75, 3.05) is 20.3 Å². The van der Waals surface area contributed by atoms with Crippen LogP contribution in [0.5, 0.6) is 5.75 Å². The van der Waals surface area contributed by atoms with Crippen molar-refractivity contribution in [3.63, 3.8) is 0 Å². The van der Waals surface area contributed by atoms with Crippen LogP contribution in [0.3, 0.4) is 0 Å². The smallest absolute Gasteiger partial charge is 0.326 e. The van der Waals surface area contributed by atoms with E-state index in [1.54, 1.807) is 13.2 Å². The van der Waals surface area contributed by atoms with Crippen LogP contribution in [0.1, 0.15) is 19.4 Å². The average Bonchev–Trinajstić information content (AvgIpc) is 2.94. The van der Waals surface area contributed by atoms with Gasteiger partial charge in [-0.25, -0.2) is 0 Å². The van der Waals surface area contributed by atoms with Crippen molar-refractivity contribution in [1.29, 1.82) is 0 Å². The first-order valence-electron chi connectivity index (χ1n) is 8.87. The molecule has 1 heterocycles. The fourth-order valence-electron chi connectivity index (χ4n) is 2.81. The van der Waals surface area contributed by atoms with Gasteiger partial charge in [0.2, 0.25) is 0 Å². The van der Waals surface area contributed by atoms with E-state index in [2.05, 4.69) is 0 Å². The molecule has 0 spiro atoms. The van der Waals surface area contributed by atoms with Crippen LogP contribution in [0, 0.1) is 5.92 Å². The molecule has 146 valence electrons. The monoisotopic (exact) mass is 399 g/mol. The number of imide groups is 1. The number of esters is 1. The van der Waals surface area contributed by atoms with Gasteiger partial charge in [0.05, 0.1) is 18.6 Å². The molecule has 2 aromatic rings. The highest BCUT2D eigenvalue weighted by Crippen LogP contribution is 2.35. The molecule has 6 nitrogen and oxygen atoms in total. The molecular formula is C21H21NO5S. The van der Waals surface area contributed by atoms with Crippen LogP contribution in [-0.4, -0.2) is 42.3 Å². The van der Waals surface area contributed by atoms with Gasteiger partial charge in [0.15, 0.2) is 0 Å². The van der Waals surface area contributed by atoms with Crippen molar-refractivity contribution in [2.45, 2.75) is 13.8 Å². The number of carbonyl (C=O) groups excluding carboxylic acids is 3. The maximum atomic E-state index is 12.6. The maximum absolute atomic E-state index is 12.6. The Hall–Kier alpha value is -2.80. The summed E-state index contributed by atoms with van der Waals surface area (Å²) in [6.45, 7) is 3.70. The molecule has 0 aliphatic carbocycles. The van der Waals surface area contributed by atoms with Gasteiger partial charge in [0, 0.05) is 5.39 Å². The lowest BCUT2D eigenvalue weighted by Crippen LogP contribution is -2.34. The third-order valence-corrected chi connectivity index (χ3v) is 5.07. The number of nitrogens with zero attached hydrogens (tertiary/aromatic N) is 1. The molecule has 1 aliphatic rings. The number of thioether (sulfide) groups is 1. The summed E-state index contributed by atoms with van der Waals surface area (Å²) in [6, 6.07) is 11.3. The van der Waals surface area contributed by atoms with E-state index < -0.39 is 17.1 Å². The van der Waals surface area contributed by atoms with Gasteiger partial charge in [0.25, 0.3) is 11.1 Å². The van der Waals surface area contributed by atoms with E-state index in [9.17, 15) is 14.4 Å². The molecule has 0 atom stereocenters. The summed E-state index contributed by atoms with van der Waals surface area (Å²) >= 11 is 0.821. The molecule has 1 saturated heterocycles. The summed E-state index contributed by atoms with van der Waals surface area (Å²) in [5.41, 5.74) is 0.796. The second kappa shape index (κ2) is 8.48. The SMILES string of the molecule is COc1ccc(/C=C2\SC(=O)N(CC(=O)OCC(C)C)C2=O)c2ccccc12. The van der Waals surface area contributed by atoms with Crippen LogP contribution in [0.15, 0.2) is 41.3 Å². The molecule has 0 aromatic heterocycles. The van der Waals surface area contributed by atoms with Gasteiger partial charge in [-0.3, -0.25) is 19.3 Å². The second-order valence-electron chi connectivity index (χ2n) is 6.75. The quantitative estimate of drug-likeness (QED) is 0.538. The van der Waals surface area contributed by atoms with E-state index >= 15 is 0 Å². The van der Waals surface area contributed by atoms with Gasteiger partial charge in [-0.2, -0.15) is 0 Å². The van der Waals surface area contributed by atoms with Gasteiger partial charge in [-0.15, -0.1) is 0 Å². The Labute approximate surface area is 167 Å². The number of methoxy groups -OCH3 is 1. The van der Waals surface area contributed by atoms with E-state index in [0.717, 1.165) is 38.7 Å². The number of ether oxygens (including phenoxy) is 2. The molecule has 2 amide bonds. The Balaban J connectivity index is 1.84. The Morgan fingerprint density at radius 1 is 1.14 bits per heavy atom. The Morgan fingerprint density at radius 3 is 2.54 bits per heavy atom. The molecule has 0 radical (unpaired) electrons. The van der Waals surface area contributed by atoms with Crippen LogP contribution >= 0.6 is 11.8 Å². The molecule has 7 heteroatoms. The first-order valence-corrected chi connectivity index (χ1v) is 9.69. The lowest BCUT2D eigenvalue weighted by atomic mass is 10.0. The van der Waals surface area contributed by atoms with Crippen molar-refractivity contribution in [3.8, 4) is 5.75 Å². The van der Waals surface area contributed by atoms with Gasteiger partial charge < -0.3 is 9.47 Å². The van der Waals surface area contributed by atoms with Crippen molar-refractivity contribution in [3.05, 3.63) is 46.9 Å². The zero-order chi connectivity index (χ0) is 20.3.